The molecular weight excluding hydrogens is 218 g/mol. The van der Waals surface area contributed by atoms with Gasteiger partial charge in [0.25, 0.3) is 0 Å². The molecule has 0 amide bonds. The zero-order valence-electron chi connectivity index (χ0n) is 11.0. The molecule has 0 bridgehead atoms. The SMILES string of the molecule is CCCN(CC(=O)O)C(C)c1cn(C)nc1C. The predicted octanol–water partition coefficient (Wildman–Crippen LogP) is 1.59. The lowest BCUT2D eigenvalue weighted by molar-refractivity contribution is -0.138. The molecule has 0 aliphatic rings. The molecule has 0 radical (unpaired) electrons. The smallest absolute Gasteiger partial charge is 0.317 e. The maximum atomic E-state index is 10.8. The fourth-order valence-electron chi connectivity index (χ4n) is 2.10. The third-order valence-electron chi connectivity index (χ3n) is 2.90. The van der Waals surface area contributed by atoms with Gasteiger partial charge >= 0.3 is 5.97 Å². The van der Waals surface area contributed by atoms with E-state index >= 15 is 0 Å². The first-order chi connectivity index (χ1) is 7.95. The number of aryl methyl sites for hydroxylation is 2. The minimum absolute atomic E-state index is 0.0728. The Kier molecular flexibility index (Phi) is 4.69. The summed E-state index contributed by atoms with van der Waals surface area (Å²) in [5.41, 5.74) is 2.06. The molecule has 1 rings (SSSR count). The summed E-state index contributed by atoms with van der Waals surface area (Å²) in [5.74, 6) is -0.785. The highest BCUT2D eigenvalue weighted by atomic mass is 16.4. The van der Waals surface area contributed by atoms with Crippen molar-refractivity contribution in [3.8, 4) is 0 Å². The van der Waals surface area contributed by atoms with Crippen molar-refractivity contribution in [2.24, 2.45) is 7.05 Å². The van der Waals surface area contributed by atoms with Crippen molar-refractivity contribution in [3.05, 3.63) is 17.5 Å². The van der Waals surface area contributed by atoms with Gasteiger partial charge in [-0.25, -0.2) is 0 Å². The lowest BCUT2D eigenvalue weighted by Gasteiger charge is -2.26. The van der Waals surface area contributed by atoms with Crippen LogP contribution in [0, 0.1) is 6.92 Å². The number of aromatic nitrogens is 2. The van der Waals surface area contributed by atoms with E-state index in [0.717, 1.165) is 24.2 Å². The third kappa shape index (κ3) is 3.56. The highest BCUT2D eigenvalue weighted by Crippen LogP contribution is 2.22. The molecule has 0 saturated heterocycles. The number of hydrogen-bond acceptors (Lipinski definition) is 3. The Hall–Kier alpha value is -1.36. The van der Waals surface area contributed by atoms with E-state index in [1.807, 2.05) is 32.0 Å². The Balaban J connectivity index is 2.86. The molecule has 5 nitrogen and oxygen atoms in total. The first kappa shape index (κ1) is 13.7. The van der Waals surface area contributed by atoms with Crippen molar-refractivity contribution in [1.29, 1.82) is 0 Å². The normalized spacial score (nSPS) is 13.0. The van der Waals surface area contributed by atoms with E-state index in [0.29, 0.717) is 0 Å². The van der Waals surface area contributed by atoms with E-state index in [4.69, 9.17) is 5.11 Å². The maximum absolute atomic E-state index is 10.8. The Labute approximate surface area is 102 Å². The molecule has 96 valence electrons. The van der Waals surface area contributed by atoms with Crippen molar-refractivity contribution in [1.82, 2.24) is 14.7 Å². The first-order valence-electron chi connectivity index (χ1n) is 5.91. The second-order valence-electron chi connectivity index (χ2n) is 4.38. The summed E-state index contributed by atoms with van der Waals surface area (Å²) in [5, 5.41) is 13.2. The number of hydrogen-bond donors (Lipinski definition) is 1. The predicted molar refractivity (Wildman–Crippen MR) is 65.9 cm³/mol. The highest BCUT2D eigenvalue weighted by molar-refractivity contribution is 5.69. The average Bonchev–Trinajstić information content (AvgIpc) is 2.55. The monoisotopic (exact) mass is 239 g/mol. The molecule has 0 saturated carbocycles. The summed E-state index contributed by atoms with van der Waals surface area (Å²) in [7, 11) is 1.88. The van der Waals surface area contributed by atoms with Crippen LogP contribution in [0.3, 0.4) is 0 Å². The largest absolute Gasteiger partial charge is 0.480 e. The van der Waals surface area contributed by atoms with Crippen molar-refractivity contribution in [3.63, 3.8) is 0 Å². The van der Waals surface area contributed by atoms with Crippen LogP contribution >= 0.6 is 0 Å². The van der Waals surface area contributed by atoms with Gasteiger partial charge in [0.05, 0.1) is 12.2 Å². The average molecular weight is 239 g/mol. The van der Waals surface area contributed by atoms with Crippen molar-refractivity contribution in [2.75, 3.05) is 13.1 Å². The number of carbonyl (C=O) groups is 1. The number of carboxylic acids is 1. The fraction of sp³-hybridized carbons (Fsp3) is 0.667. The molecule has 0 aliphatic carbocycles. The Morgan fingerprint density at radius 3 is 2.71 bits per heavy atom. The van der Waals surface area contributed by atoms with Crippen LogP contribution in [0.4, 0.5) is 0 Å². The molecular formula is C12H21N3O2. The van der Waals surface area contributed by atoms with Gasteiger partial charge in [0.2, 0.25) is 0 Å². The summed E-state index contributed by atoms with van der Waals surface area (Å²) in [6.45, 7) is 6.89. The lowest BCUT2D eigenvalue weighted by atomic mass is 10.1. The summed E-state index contributed by atoms with van der Waals surface area (Å²) >= 11 is 0. The van der Waals surface area contributed by atoms with Gasteiger partial charge in [0, 0.05) is 24.8 Å². The van der Waals surface area contributed by atoms with Crippen LogP contribution in [0.25, 0.3) is 0 Å². The second-order valence-corrected chi connectivity index (χ2v) is 4.38. The van der Waals surface area contributed by atoms with Gasteiger partial charge in [-0.15, -0.1) is 0 Å². The number of aliphatic carboxylic acids is 1. The van der Waals surface area contributed by atoms with Crippen LogP contribution in [-0.2, 0) is 11.8 Å². The van der Waals surface area contributed by atoms with E-state index in [1.54, 1.807) is 4.68 Å². The standard InChI is InChI=1S/C12H21N3O2/c1-5-6-15(8-12(16)17)10(3)11-7-14(4)13-9(11)2/h7,10H,5-6,8H2,1-4H3,(H,16,17). The minimum Gasteiger partial charge on any atom is -0.480 e. The van der Waals surface area contributed by atoms with Crippen LogP contribution in [0.15, 0.2) is 6.20 Å². The fourth-order valence-corrected chi connectivity index (χ4v) is 2.10. The van der Waals surface area contributed by atoms with Crippen molar-refractivity contribution < 1.29 is 9.90 Å². The molecule has 1 N–H and O–H groups in total. The summed E-state index contributed by atoms with van der Waals surface area (Å²) in [6.07, 6.45) is 2.90. The van der Waals surface area contributed by atoms with Crippen LogP contribution < -0.4 is 0 Å². The molecule has 1 aromatic rings. The molecule has 1 aromatic heterocycles. The zero-order chi connectivity index (χ0) is 13.0. The van der Waals surface area contributed by atoms with Crippen LogP contribution in [0.5, 0.6) is 0 Å². The van der Waals surface area contributed by atoms with Gasteiger partial charge in [-0.1, -0.05) is 6.92 Å². The Morgan fingerprint density at radius 2 is 2.29 bits per heavy atom. The van der Waals surface area contributed by atoms with Gasteiger partial charge in [0.15, 0.2) is 0 Å². The molecule has 0 fully saturated rings. The van der Waals surface area contributed by atoms with E-state index in [9.17, 15) is 4.79 Å². The number of nitrogens with zero attached hydrogens (tertiary/aromatic N) is 3. The van der Waals surface area contributed by atoms with E-state index in [-0.39, 0.29) is 12.6 Å². The van der Waals surface area contributed by atoms with E-state index in [1.165, 1.54) is 0 Å². The van der Waals surface area contributed by atoms with Gasteiger partial charge in [-0.2, -0.15) is 5.10 Å². The highest BCUT2D eigenvalue weighted by Gasteiger charge is 2.20. The van der Waals surface area contributed by atoms with Gasteiger partial charge < -0.3 is 5.11 Å². The van der Waals surface area contributed by atoms with Crippen LogP contribution in [-0.4, -0.2) is 38.8 Å². The zero-order valence-corrected chi connectivity index (χ0v) is 11.0. The first-order valence-corrected chi connectivity index (χ1v) is 5.91. The summed E-state index contributed by atoms with van der Waals surface area (Å²) in [6, 6.07) is 0.0831. The van der Waals surface area contributed by atoms with Crippen LogP contribution in [0.1, 0.15) is 37.6 Å². The van der Waals surface area contributed by atoms with Gasteiger partial charge in [-0.3, -0.25) is 14.4 Å². The molecule has 0 spiro atoms. The summed E-state index contributed by atoms with van der Waals surface area (Å²) in [4.78, 5) is 12.8. The Morgan fingerprint density at radius 1 is 1.65 bits per heavy atom. The molecule has 0 aromatic carbocycles. The number of carboxylic acid groups (broad SMARTS) is 1. The van der Waals surface area contributed by atoms with E-state index in [2.05, 4.69) is 12.0 Å². The van der Waals surface area contributed by atoms with Crippen LogP contribution in [0.2, 0.25) is 0 Å². The molecule has 5 heteroatoms. The molecule has 17 heavy (non-hydrogen) atoms. The van der Waals surface area contributed by atoms with E-state index < -0.39 is 5.97 Å². The van der Waals surface area contributed by atoms with Gasteiger partial charge in [0.1, 0.15) is 0 Å². The maximum Gasteiger partial charge on any atom is 0.317 e. The van der Waals surface area contributed by atoms with Crippen molar-refractivity contribution in [2.45, 2.75) is 33.2 Å². The summed E-state index contributed by atoms with van der Waals surface area (Å²) < 4.78 is 1.77. The topological polar surface area (TPSA) is 58.4 Å². The quantitative estimate of drug-likeness (QED) is 0.819. The third-order valence-corrected chi connectivity index (χ3v) is 2.90. The molecule has 1 unspecified atom stereocenters. The molecule has 0 aliphatic heterocycles. The van der Waals surface area contributed by atoms with Crippen molar-refractivity contribution >= 4 is 5.97 Å². The molecule has 1 atom stereocenters. The number of rotatable bonds is 6. The van der Waals surface area contributed by atoms with Gasteiger partial charge in [-0.05, 0) is 26.8 Å². The molecule has 1 heterocycles. The second kappa shape index (κ2) is 5.82. The Bertz CT molecular complexity index is 387. The minimum atomic E-state index is -0.785. The lowest BCUT2D eigenvalue weighted by Crippen LogP contribution is -2.33.